The zero-order valence-electron chi connectivity index (χ0n) is 11.0. The van der Waals surface area contributed by atoms with Crippen LogP contribution in [-0.4, -0.2) is 11.7 Å². The Morgan fingerprint density at radius 1 is 1.38 bits per heavy atom. The molecule has 0 radical (unpaired) electrons. The van der Waals surface area contributed by atoms with Crippen molar-refractivity contribution in [3.8, 4) is 0 Å². The molecule has 2 heteroatoms. The lowest BCUT2D eigenvalue weighted by Crippen LogP contribution is -2.29. The molecule has 0 aromatic rings. The molecule has 0 spiro atoms. The van der Waals surface area contributed by atoms with E-state index in [9.17, 15) is 0 Å². The van der Waals surface area contributed by atoms with Crippen molar-refractivity contribution in [2.45, 2.75) is 58.7 Å². The third-order valence-electron chi connectivity index (χ3n) is 2.88. The second-order valence-corrected chi connectivity index (χ2v) is 5.76. The van der Waals surface area contributed by atoms with Gasteiger partial charge >= 0.3 is 0 Å². The van der Waals surface area contributed by atoms with Crippen LogP contribution in [0.3, 0.4) is 0 Å². The molecule has 0 aromatic carbocycles. The van der Waals surface area contributed by atoms with Crippen LogP contribution >= 0.6 is 0 Å². The van der Waals surface area contributed by atoms with E-state index in [1.54, 1.807) is 0 Å². The highest BCUT2D eigenvalue weighted by Crippen LogP contribution is 2.33. The van der Waals surface area contributed by atoms with Gasteiger partial charge in [0.1, 0.15) is 6.10 Å². The summed E-state index contributed by atoms with van der Waals surface area (Å²) in [5, 5.41) is 0. The SMILES string of the molecule is C=C1CC[C@@H](C(=C)C)CC1OOC(C)(C)C. The fourth-order valence-corrected chi connectivity index (χ4v) is 1.82. The van der Waals surface area contributed by atoms with Crippen molar-refractivity contribution in [3.05, 3.63) is 24.3 Å². The molecule has 0 bridgehead atoms. The van der Waals surface area contributed by atoms with Gasteiger partial charge in [0.2, 0.25) is 0 Å². The fourth-order valence-electron chi connectivity index (χ4n) is 1.82. The van der Waals surface area contributed by atoms with Crippen LogP contribution in [0.15, 0.2) is 24.3 Å². The van der Waals surface area contributed by atoms with Crippen molar-refractivity contribution in [2.24, 2.45) is 5.92 Å². The maximum Gasteiger partial charge on any atom is 0.114 e. The average molecular weight is 224 g/mol. The van der Waals surface area contributed by atoms with Crippen molar-refractivity contribution < 1.29 is 9.78 Å². The molecule has 1 rings (SSSR count). The molecule has 0 N–H and O–H groups in total. The number of allylic oxidation sites excluding steroid dienone is 1. The van der Waals surface area contributed by atoms with E-state index < -0.39 is 0 Å². The maximum absolute atomic E-state index is 5.50. The molecule has 1 aliphatic carbocycles. The monoisotopic (exact) mass is 224 g/mol. The first-order valence-corrected chi connectivity index (χ1v) is 5.97. The van der Waals surface area contributed by atoms with Gasteiger partial charge in [-0.3, -0.25) is 0 Å². The van der Waals surface area contributed by atoms with Crippen LogP contribution in [0, 0.1) is 5.92 Å². The minimum atomic E-state index is -0.267. The van der Waals surface area contributed by atoms with E-state index in [4.69, 9.17) is 9.78 Å². The number of hydrogen-bond donors (Lipinski definition) is 0. The van der Waals surface area contributed by atoms with Crippen LogP contribution in [0.1, 0.15) is 47.0 Å². The molecule has 92 valence electrons. The Balaban J connectivity index is 2.50. The minimum Gasteiger partial charge on any atom is -0.230 e. The molecule has 0 heterocycles. The summed E-state index contributed by atoms with van der Waals surface area (Å²) in [6.07, 6.45) is 3.12. The molecule has 16 heavy (non-hydrogen) atoms. The quantitative estimate of drug-likeness (QED) is 0.409. The highest BCUT2D eigenvalue weighted by Gasteiger charge is 2.28. The second-order valence-electron chi connectivity index (χ2n) is 5.76. The molecule has 0 amide bonds. The number of hydrogen-bond acceptors (Lipinski definition) is 2. The Morgan fingerprint density at radius 3 is 2.50 bits per heavy atom. The third kappa shape index (κ3) is 4.11. The lowest BCUT2D eigenvalue weighted by Gasteiger charge is -2.32. The van der Waals surface area contributed by atoms with Gasteiger partial charge in [0, 0.05) is 0 Å². The van der Waals surface area contributed by atoms with E-state index in [1.165, 1.54) is 5.57 Å². The van der Waals surface area contributed by atoms with Crippen molar-refractivity contribution in [1.82, 2.24) is 0 Å². The van der Waals surface area contributed by atoms with Gasteiger partial charge in [-0.2, -0.15) is 0 Å². The highest BCUT2D eigenvalue weighted by atomic mass is 17.2. The lowest BCUT2D eigenvalue weighted by molar-refractivity contribution is -0.369. The van der Waals surface area contributed by atoms with Gasteiger partial charge in [0.25, 0.3) is 0 Å². The summed E-state index contributed by atoms with van der Waals surface area (Å²) in [6, 6.07) is 0. The van der Waals surface area contributed by atoms with Gasteiger partial charge in [-0.1, -0.05) is 18.7 Å². The van der Waals surface area contributed by atoms with Crippen LogP contribution in [0.4, 0.5) is 0 Å². The summed E-state index contributed by atoms with van der Waals surface area (Å²) < 4.78 is 0. The summed E-state index contributed by atoms with van der Waals surface area (Å²) in [5.74, 6) is 0.541. The number of rotatable bonds is 3. The topological polar surface area (TPSA) is 18.5 Å². The van der Waals surface area contributed by atoms with E-state index >= 15 is 0 Å². The molecule has 2 nitrogen and oxygen atoms in total. The van der Waals surface area contributed by atoms with Crippen molar-refractivity contribution in [3.63, 3.8) is 0 Å². The highest BCUT2D eigenvalue weighted by molar-refractivity contribution is 5.11. The van der Waals surface area contributed by atoms with Gasteiger partial charge < -0.3 is 0 Å². The molecule has 0 aromatic heterocycles. The first-order chi connectivity index (χ1) is 7.29. The first kappa shape index (κ1) is 13.5. The van der Waals surface area contributed by atoms with Gasteiger partial charge in [-0.15, -0.1) is 0 Å². The van der Waals surface area contributed by atoms with Crippen LogP contribution in [0.2, 0.25) is 0 Å². The molecular weight excluding hydrogens is 200 g/mol. The molecule has 1 unspecified atom stereocenters. The predicted molar refractivity (Wildman–Crippen MR) is 67.0 cm³/mol. The van der Waals surface area contributed by atoms with Crippen LogP contribution in [0.25, 0.3) is 0 Å². The summed E-state index contributed by atoms with van der Waals surface area (Å²) in [7, 11) is 0. The average Bonchev–Trinajstić information content (AvgIpc) is 2.14. The molecular formula is C14H24O2. The largest absolute Gasteiger partial charge is 0.230 e. The van der Waals surface area contributed by atoms with Gasteiger partial charge in [0.15, 0.2) is 0 Å². The Labute approximate surface area is 99.3 Å². The van der Waals surface area contributed by atoms with Crippen molar-refractivity contribution in [2.75, 3.05) is 0 Å². The molecule has 1 fully saturated rings. The normalized spacial score (nSPS) is 26.9. The zero-order valence-corrected chi connectivity index (χ0v) is 11.0. The van der Waals surface area contributed by atoms with Crippen LogP contribution < -0.4 is 0 Å². The molecule has 0 saturated heterocycles. The Morgan fingerprint density at radius 2 is 2.00 bits per heavy atom. The van der Waals surface area contributed by atoms with Crippen LogP contribution in [0.5, 0.6) is 0 Å². The zero-order chi connectivity index (χ0) is 12.3. The molecule has 1 saturated carbocycles. The second kappa shape index (κ2) is 5.15. The Bertz CT molecular complexity index is 273. The summed E-state index contributed by atoms with van der Waals surface area (Å²) in [6.45, 7) is 16.1. The smallest absolute Gasteiger partial charge is 0.114 e. The molecule has 2 atom stereocenters. The predicted octanol–water partition coefficient (Wildman–Crippen LogP) is 4.03. The Hall–Kier alpha value is -0.600. The summed E-state index contributed by atoms with van der Waals surface area (Å²) in [4.78, 5) is 10.9. The van der Waals surface area contributed by atoms with Crippen molar-refractivity contribution >= 4 is 0 Å². The van der Waals surface area contributed by atoms with Crippen LogP contribution in [-0.2, 0) is 9.78 Å². The van der Waals surface area contributed by atoms with Gasteiger partial charge in [0.05, 0.1) is 5.60 Å². The lowest BCUT2D eigenvalue weighted by atomic mass is 9.81. The molecule has 0 aliphatic heterocycles. The summed E-state index contributed by atoms with van der Waals surface area (Å²) >= 11 is 0. The Kier molecular flexibility index (Phi) is 4.34. The van der Waals surface area contributed by atoms with E-state index in [0.29, 0.717) is 5.92 Å². The third-order valence-corrected chi connectivity index (χ3v) is 2.88. The first-order valence-electron chi connectivity index (χ1n) is 5.97. The van der Waals surface area contributed by atoms with E-state index in [1.807, 2.05) is 20.8 Å². The van der Waals surface area contributed by atoms with Crippen molar-refractivity contribution in [1.29, 1.82) is 0 Å². The van der Waals surface area contributed by atoms with E-state index in [2.05, 4.69) is 20.1 Å². The van der Waals surface area contributed by atoms with Gasteiger partial charge in [-0.05, 0) is 58.4 Å². The minimum absolute atomic E-state index is 0.0228. The van der Waals surface area contributed by atoms with E-state index in [0.717, 1.165) is 24.8 Å². The fraction of sp³-hybridized carbons (Fsp3) is 0.714. The summed E-state index contributed by atoms with van der Waals surface area (Å²) in [5.41, 5.74) is 2.11. The standard InChI is InChI=1S/C14H24O2/c1-10(2)12-8-7-11(3)13(9-12)15-16-14(4,5)6/h12-13H,1,3,7-9H2,2,4-6H3/t12-,13?/m1/s1. The maximum atomic E-state index is 5.50. The van der Waals surface area contributed by atoms with E-state index in [-0.39, 0.29) is 11.7 Å². The molecule has 1 aliphatic rings. The van der Waals surface area contributed by atoms with Gasteiger partial charge in [-0.25, -0.2) is 9.78 Å².